The number of hydrogen-bond donors (Lipinski definition) is 1. The van der Waals surface area contributed by atoms with Gasteiger partial charge in [-0.1, -0.05) is 43.3 Å². The number of carboxylic acids is 1. The number of carbonyl (C=O) groups is 1. The highest BCUT2D eigenvalue weighted by Crippen LogP contribution is 2.23. The molecule has 0 saturated carbocycles. The Morgan fingerprint density at radius 3 is 2.54 bits per heavy atom. The number of hydrogen-bond acceptors (Lipinski definition) is 3. The lowest BCUT2D eigenvalue weighted by molar-refractivity contribution is -0.137. The maximum Gasteiger partial charge on any atom is 0.303 e. The van der Waals surface area contributed by atoms with E-state index in [1.165, 1.54) is 0 Å². The minimum Gasteiger partial charge on any atom is -0.489 e. The normalized spacial score (nSPS) is 11.7. The number of nitrogens with zero attached hydrogens (tertiary/aromatic N) is 1. The first-order valence-electron chi connectivity index (χ1n) is 8.56. The summed E-state index contributed by atoms with van der Waals surface area (Å²) >= 11 is 0. The molecular weight excluding hydrogens is 326 g/mol. The first kappa shape index (κ1) is 17.7. The molecule has 3 aromatic rings. The second-order valence-electron chi connectivity index (χ2n) is 6.30. The van der Waals surface area contributed by atoms with Gasteiger partial charge in [0.1, 0.15) is 12.4 Å². The summed E-state index contributed by atoms with van der Waals surface area (Å²) < 4.78 is 5.87. The van der Waals surface area contributed by atoms with Crippen molar-refractivity contribution in [2.24, 2.45) is 0 Å². The van der Waals surface area contributed by atoms with Crippen molar-refractivity contribution in [1.82, 2.24) is 4.98 Å². The van der Waals surface area contributed by atoms with Gasteiger partial charge in [0, 0.05) is 12.4 Å². The molecule has 1 aromatic heterocycles. The van der Waals surface area contributed by atoms with E-state index in [0.717, 1.165) is 28.0 Å². The highest BCUT2D eigenvalue weighted by molar-refractivity contribution is 5.68. The van der Waals surface area contributed by atoms with E-state index in [1.807, 2.05) is 61.7 Å². The van der Waals surface area contributed by atoms with Crippen molar-refractivity contribution in [3.05, 3.63) is 84.2 Å². The summed E-state index contributed by atoms with van der Waals surface area (Å²) in [6.45, 7) is 2.38. The average molecular weight is 347 g/mol. The molecule has 0 radical (unpaired) electrons. The van der Waals surface area contributed by atoms with E-state index in [9.17, 15) is 4.79 Å². The Kier molecular flexibility index (Phi) is 5.64. The Morgan fingerprint density at radius 1 is 1.08 bits per heavy atom. The molecule has 1 N–H and O–H groups in total. The van der Waals surface area contributed by atoms with Crippen molar-refractivity contribution in [2.75, 3.05) is 0 Å². The molecule has 2 aromatic carbocycles. The first-order valence-corrected chi connectivity index (χ1v) is 8.56. The Morgan fingerprint density at radius 2 is 1.85 bits per heavy atom. The van der Waals surface area contributed by atoms with E-state index in [0.29, 0.717) is 6.61 Å². The predicted octanol–water partition coefficient (Wildman–Crippen LogP) is 4.91. The fourth-order valence-corrected chi connectivity index (χ4v) is 2.81. The molecule has 1 unspecified atom stereocenters. The Balaban J connectivity index is 1.63. The van der Waals surface area contributed by atoms with Crippen LogP contribution in [0.25, 0.3) is 11.1 Å². The quantitative estimate of drug-likeness (QED) is 0.660. The molecule has 4 nitrogen and oxygen atoms in total. The topological polar surface area (TPSA) is 59.4 Å². The summed E-state index contributed by atoms with van der Waals surface area (Å²) in [6.07, 6.45) is 3.73. The zero-order valence-corrected chi connectivity index (χ0v) is 14.6. The van der Waals surface area contributed by atoms with Crippen molar-refractivity contribution in [3.8, 4) is 16.9 Å². The van der Waals surface area contributed by atoms with Crippen LogP contribution in [0.15, 0.2) is 73.1 Å². The summed E-state index contributed by atoms with van der Waals surface area (Å²) in [5.74, 6) is -0.0351. The van der Waals surface area contributed by atoms with E-state index in [4.69, 9.17) is 9.84 Å². The summed E-state index contributed by atoms with van der Waals surface area (Å²) in [4.78, 5) is 15.0. The molecule has 4 heteroatoms. The molecule has 0 saturated heterocycles. The molecule has 3 rings (SSSR count). The van der Waals surface area contributed by atoms with Crippen molar-refractivity contribution < 1.29 is 14.6 Å². The summed E-state index contributed by atoms with van der Waals surface area (Å²) in [5.41, 5.74) is 4.26. The van der Waals surface area contributed by atoms with Crippen molar-refractivity contribution in [2.45, 2.75) is 25.9 Å². The van der Waals surface area contributed by atoms with Gasteiger partial charge in [0.2, 0.25) is 0 Å². The lowest BCUT2D eigenvalue weighted by Crippen LogP contribution is -2.03. The van der Waals surface area contributed by atoms with Crippen LogP contribution in [0.3, 0.4) is 0 Å². The molecule has 1 atom stereocenters. The fraction of sp³-hybridized carbons (Fsp3) is 0.182. The molecule has 0 aliphatic rings. The third kappa shape index (κ3) is 4.70. The molecule has 1 heterocycles. The zero-order valence-electron chi connectivity index (χ0n) is 14.6. The Bertz CT molecular complexity index is 860. The molecule has 132 valence electrons. The van der Waals surface area contributed by atoms with Gasteiger partial charge < -0.3 is 9.84 Å². The third-order valence-electron chi connectivity index (χ3n) is 4.26. The van der Waals surface area contributed by atoms with E-state index < -0.39 is 5.97 Å². The van der Waals surface area contributed by atoms with Gasteiger partial charge in [-0.05, 0) is 52.4 Å². The SMILES string of the molecule is CC(CC(=O)O)c1ccc(OCc2cccc(-c3cccnc3)c2)cc1. The monoisotopic (exact) mass is 347 g/mol. The number of aliphatic carboxylic acids is 1. The number of aromatic nitrogens is 1. The number of carboxylic acid groups (broad SMARTS) is 1. The van der Waals surface area contributed by atoms with Crippen LogP contribution in [-0.4, -0.2) is 16.1 Å². The van der Waals surface area contributed by atoms with E-state index >= 15 is 0 Å². The highest BCUT2D eigenvalue weighted by Gasteiger charge is 2.10. The smallest absolute Gasteiger partial charge is 0.303 e. The average Bonchev–Trinajstić information content (AvgIpc) is 2.67. The molecule has 0 bridgehead atoms. The van der Waals surface area contributed by atoms with Crippen LogP contribution in [0.1, 0.15) is 30.4 Å². The molecule has 0 amide bonds. The van der Waals surface area contributed by atoms with Gasteiger partial charge in [-0.3, -0.25) is 9.78 Å². The predicted molar refractivity (Wildman–Crippen MR) is 101 cm³/mol. The van der Waals surface area contributed by atoms with Crippen LogP contribution < -0.4 is 4.74 Å². The number of rotatable bonds is 7. The summed E-state index contributed by atoms with van der Waals surface area (Å²) in [7, 11) is 0. The number of pyridine rings is 1. The first-order chi connectivity index (χ1) is 12.6. The highest BCUT2D eigenvalue weighted by atomic mass is 16.5. The lowest BCUT2D eigenvalue weighted by atomic mass is 9.98. The standard InChI is InChI=1S/C22H21NO3/c1-16(12-22(24)25)18-7-9-21(10-8-18)26-15-17-4-2-5-19(13-17)20-6-3-11-23-14-20/h2-11,13-14,16H,12,15H2,1H3,(H,24,25). The van der Waals surface area contributed by atoms with E-state index in [2.05, 4.69) is 17.1 Å². The summed E-state index contributed by atoms with van der Waals surface area (Å²) in [6, 6.07) is 19.8. The lowest BCUT2D eigenvalue weighted by Gasteiger charge is -2.11. The van der Waals surface area contributed by atoms with Crippen LogP contribution in [0, 0.1) is 0 Å². The van der Waals surface area contributed by atoms with Crippen molar-refractivity contribution in [1.29, 1.82) is 0 Å². The van der Waals surface area contributed by atoms with Gasteiger partial charge in [0.15, 0.2) is 0 Å². The molecular formula is C22H21NO3. The van der Waals surface area contributed by atoms with Gasteiger partial charge in [0.25, 0.3) is 0 Å². The van der Waals surface area contributed by atoms with Gasteiger partial charge >= 0.3 is 5.97 Å². The van der Waals surface area contributed by atoms with E-state index in [-0.39, 0.29) is 12.3 Å². The molecule has 0 fully saturated rings. The van der Waals surface area contributed by atoms with Crippen LogP contribution in [0.2, 0.25) is 0 Å². The van der Waals surface area contributed by atoms with Crippen LogP contribution in [0.5, 0.6) is 5.75 Å². The zero-order chi connectivity index (χ0) is 18.4. The van der Waals surface area contributed by atoms with Gasteiger partial charge in [-0.15, -0.1) is 0 Å². The van der Waals surface area contributed by atoms with Crippen molar-refractivity contribution in [3.63, 3.8) is 0 Å². The van der Waals surface area contributed by atoms with Gasteiger partial charge in [-0.25, -0.2) is 0 Å². The minimum absolute atomic E-state index is 0.0160. The third-order valence-corrected chi connectivity index (χ3v) is 4.26. The van der Waals surface area contributed by atoms with Crippen LogP contribution in [0.4, 0.5) is 0 Å². The van der Waals surface area contributed by atoms with E-state index in [1.54, 1.807) is 6.20 Å². The molecule has 0 aliphatic carbocycles. The van der Waals surface area contributed by atoms with Gasteiger partial charge in [0.05, 0.1) is 6.42 Å². The van der Waals surface area contributed by atoms with Gasteiger partial charge in [-0.2, -0.15) is 0 Å². The molecule has 0 spiro atoms. The molecule has 0 aliphatic heterocycles. The summed E-state index contributed by atoms with van der Waals surface area (Å²) in [5, 5.41) is 8.89. The largest absolute Gasteiger partial charge is 0.489 e. The maximum atomic E-state index is 10.8. The Labute approximate surface area is 153 Å². The fourth-order valence-electron chi connectivity index (χ4n) is 2.81. The van der Waals surface area contributed by atoms with Crippen LogP contribution in [-0.2, 0) is 11.4 Å². The Hall–Kier alpha value is -3.14. The second kappa shape index (κ2) is 8.30. The van der Waals surface area contributed by atoms with Crippen LogP contribution >= 0.6 is 0 Å². The van der Waals surface area contributed by atoms with Crippen molar-refractivity contribution >= 4 is 5.97 Å². The minimum atomic E-state index is -0.786. The second-order valence-corrected chi connectivity index (χ2v) is 6.30. The maximum absolute atomic E-state index is 10.8. The number of ether oxygens (including phenoxy) is 1. The molecule has 26 heavy (non-hydrogen) atoms. The number of benzene rings is 2.